The van der Waals surface area contributed by atoms with Crippen LogP contribution in [0.1, 0.15) is 38.8 Å². The molecule has 0 saturated heterocycles. The summed E-state index contributed by atoms with van der Waals surface area (Å²) < 4.78 is 3.86. The second-order valence-electron chi connectivity index (χ2n) is 4.71. The van der Waals surface area contributed by atoms with Gasteiger partial charge in [-0.2, -0.15) is 0 Å². The quantitative estimate of drug-likeness (QED) is 0.833. The van der Waals surface area contributed by atoms with Crippen LogP contribution in [0.25, 0.3) is 0 Å². The molecular weight excluding hydrogens is 194 g/mol. The van der Waals surface area contributed by atoms with Crippen molar-refractivity contribution in [2.45, 2.75) is 45.7 Å². The molecule has 1 N–H and O–H groups in total. The van der Waals surface area contributed by atoms with Crippen LogP contribution in [0.5, 0.6) is 0 Å². The molecule has 2 rings (SSSR count). The molecule has 1 atom stereocenters. The Kier molecular flexibility index (Phi) is 2.83. The van der Waals surface area contributed by atoms with Gasteiger partial charge in [0.05, 0.1) is 5.69 Å². The first-order valence-corrected chi connectivity index (χ1v) is 6.01. The molecule has 3 nitrogen and oxygen atoms in total. The van der Waals surface area contributed by atoms with Gasteiger partial charge >= 0.3 is 0 Å². The molecule has 0 aromatic carbocycles. The molecule has 1 fully saturated rings. The van der Waals surface area contributed by atoms with E-state index in [2.05, 4.69) is 28.8 Å². The molecule has 1 aromatic heterocycles. The first-order valence-electron chi connectivity index (χ1n) is 5.18. The van der Waals surface area contributed by atoms with E-state index in [0.29, 0.717) is 11.5 Å². The Hall–Kier alpha value is -0.480. The summed E-state index contributed by atoms with van der Waals surface area (Å²) >= 11 is 1.42. The molecule has 0 spiro atoms. The molecule has 4 heteroatoms. The van der Waals surface area contributed by atoms with E-state index in [1.54, 1.807) is 0 Å². The minimum atomic E-state index is 0.448. The van der Waals surface area contributed by atoms with Crippen LogP contribution in [0.2, 0.25) is 0 Å². The summed E-state index contributed by atoms with van der Waals surface area (Å²) in [6.45, 7) is 5.55. The lowest BCUT2D eigenvalue weighted by Gasteiger charge is -2.27. The smallest absolute Gasteiger partial charge is 0.0893 e. The molecule has 1 saturated carbocycles. The zero-order valence-electron chi connectivity index (χ0n) is 8.79. The first-order chi connectivity index (χ1) is 6.68. The Morgan fingerprint density at radius 1 is 1.64 bits per heavy atom. The zero-order valence-corrected chi connectivity index (χ0v) is 9.60. The third-order valence-electron chi connectivity index (χ3n) is 3.19. The van der Waals surface area contributed by atoms with Gasteiger partial charge in [-0.3, -0.25) is 0 Å². The summed E-state index contributed by atoms with van der Waals surface area (Å²) in [5.41, 5.74) is 1.52. The number of nitrogens with one attached hydrogen (secondary N) is 1. The van der Waals surface area contributed by atoms with E-state index in [4.69, 9.17) is 0 Å². The highest BCUT2D eigenvalue weighted by Gasteiger charge is 2.33. The molecule has 1 aromatic rings. The summed E-state index contributed by atoms with van der Waals surface area (Å²) in [6.07, 6.45) is 3.98. The van der Waals surface area contributed by atoms with E-state index in [-0.39, 0.29) is 0 Å². The van der Waals surface area contributed by atoms with Gasteiger partial charge in [0.15, 0.2) is 0 Å². The SMILES string of the molecule is CC1(C)CCCC1NCc1csnn1. The van der Waals surface area contributed by atoms with Crippen LogP contribution in [0.15, 0.2) is 5.38 Å². The van der Waals surface area contributed by atoms with Crippen molar-refractivity contribution in [2.75, 3.05) is 0 Å². The highest BCUT2D eigenvalue weighted by atomic mass is 32.1. The van der Waals surface area contributed by atoms with Crippen LogP contribution in [0, 0.1) is 5.41 Å². The van der Waals surface area contributed by atoms with E-state index < -0.39 is 0 Å². The van der Waals surface area contributed by atoms with E-state index in [0.717, 1.165) is 12.2 Å². The van der Waals surface area contributed by atoms with Crippen LogP contribution in [-0.4, -0.2) is 15.6 Å². The number of rotatable bonds is 3. The molecule has 1 aliphatic carbocycles. The predicted molar refractivity (Wildman–Crippen MR) is 58.2 cm³/mol. The van der Waals surface area contributed by atoms with Gasteiger partial charge in [0.25, 0.3) is 0 Å². The minimum absolute atomic E-state index is 0.448. The van der Waals surface area contributed by atoms with Crippen LogP contribution in [-0.2, 0) is 6.54 Å². The van der Waals surface area contributed by atoms with Crippen molar-refractivity contribution in [2.24, 2.45) is 5.41 Å². The first kappa shape index (κ1) is 10.1. The van der Waals surface area contributed by atoms with E-state index in [9.17, 15) is 0 Å². The number of hydrogen-bond acceptors (Lipinski definition) is 4. The van der Waals surface area contributed by atoms with Crippen LogP contribution in [0.3, 0.4) is 0 Å². The predicted octanol–water partition coefficient (Wildman–Crippen LogP) is 2.21. The van der Waals surface area contributed by atoms with Gasteiger partial charge in [0.2, 0.25) is 0 Å². The Bertz CT molecular complexity index is 282. The maximum absolute atomic E-state index is 4.03. The van der Waals surface area contributed by atoms with Crippen molar-refractivity contribution in [1.29, 1.82) is 0 Å². The van der Waals surface area contributed by atoms with Gasteiger partial charge in [-0.05, 0) is 29.8 Å². The molecular formula is C10H17N3S. The second kappa shape index (κ2) is 3.95. The van der Waals surface area contributed by atoms with Crippen molar-refractivity contribution in [3.8, 4) is 0 Å². The topological polar surface area (TPSA) is 37.8 Å². The minimum Gasteiger partial charge on any atom is -0.308 e. The number of nitrogens with zero attached hydrogens (tertiary/aromatic N) is 2. The van der Waals surface area contributed by atoms with Crippen molar-refractivity contribution >= 4 is 11.5 Å². The van der Waals surface area contributed by atoms with Gasteiger partial charge < -0.3 is 5.32 Å². The molecule has 0 amide bonds. The monoisotopic (exact) mass is 211 g/mol. The normalized spacial score (nSPS) is 25.4. The highest BCUT2D eigenvalue weighted by Crippen LogP contribution is 2.37. The summed E-state index contributed by atoms with van der Waals surface area (Å²) in [5, 5.41) is 9.62. The maximum Gasteiger partial charge on any atom is 0.0893 e. The number of aromatic nitrogens is 2. The standard InChI is InChI=1S/C10H17N3S/c1-10(2)5-3-4-9(10)11-6-8-7-14-13-12-8/h7,9,11H,3-6H2,1-2H3. The largest absolute Gasteiger partial charge is 0.308 e. The van der Waals surface area contributed by atoms with Crippen molar-refractivity contribution in [1.82, 2.24) is 14.9 Å². The third kappa shape index (κ3) is 2.12. The van der Waals surface area contributed by atoms with Gasteiger partial charge in [0.1, 0.15) is 0 Å². The summed E-state index contributed by atoms with van der Waals surface area (Å²) in [5.74, 6) is 0. The van der Waals surface area contributed by atoms with Crippen LogP contribution >= 0.6 is 11.5 Å². The fourth-order valence-electron chi connectivity index (χ4n) is 2.19. The molecule has 1 aliphatic rings. The molecule has 78 valence electrons. The van der Waals surface area contributed by atoms with Crippen molar-refractivity contribution < 1.29 is 0 Å². The summed E-state index contributed by atoms with van der Waals surface area (Å²) in [6, 6.07) is 0.643. The third-order valence-corrected chi connectivity index (χ3v) is 3.75. The Labute approximate surface area is 89.1 Å². The second-order valence-corrected chi connectivity index (χ2v) is 5.32. The van der Waals surface area contributed by atoms with Gasteiger partial charge in [-0.15, -0.1) is 5.10 Å². The molecule has 14 heavy (non-hydrogen) atoms. The lowest BCUT2D eigenvalue weighted by Crippen LogP contribution is -2.37. The average molecular weight is 211 g/mol. The van der Waals surface area contributed by atoms with E-state index in [1.165, 1.54) is 30.8 Å². The Morgan fingerprint density at radius 2 is 2.50 bits per heavy atom. The Morgan fingerprint density at radius 3 is 3.07 bits per heavy atom. The van der Waals surface area contributed by atoms with Crippen LogP contribution in [0.4, 0.5) is 0 Å². The fraction of sp³-hybridized carbons (Fsp3) is 0.800. The van der Waals surface area contributed by atoms with Gasteiger partial charge in [0, 0.05) is 18.0 Å². The summed E-state index contributed by atoms with van der Waals surface area (Å²) in [4.78, 5) is 0. The van der Waals surface area contributed by atoms with Crippen LogP contribution < -0.4 is 5.32 Å². The maximum atomic E-state index is 4.03. The molecule has 0 aliphatic heterocycles. The average Bonchev–Trinajstić information content (AvgIpc) is 2.71. The lowest BCUT2D eigenvalue weighted by atomic mass is 9.87. The Balaban J connectivity index is 1.86. The van der Waals surface area contributed by atoms with E-state index in [1.807, 2.05) is 5.38 Å². The fourth-order valence-corrected chi connectivity index (χ4v) is 2.65. The van der Waals surface area contributed by atoms with Crippen molar-refractivity contribution in [3.63, 3.8) is 0 Å². The summed E-state index contributed by atoms with van der Waals surface area (Å²) in [7, 11) is 0. The molecule has 1 heterocycles. The van der Waals surface area contributed by atoms with Gasteiger partial charge in [-0.25, -0.2) is 0 Å². The van der Waals surface area contributed by atoms with Crippen molar-refractivity contribution in [3.05, 3.63) is 11.1 Å². The lowest BCUT2D eigenvalue weighted by molar-refractivity contribution is 0.282. The van der Waals surface area contributed by atoms with E-state index >= 15 is 0 Å². The highest BCUT2D eigenvalue weighted by molar-refractivity contribution is 7.03. The zero-order chi connectivity index (χ0) is 10.0. The molecule has 0 radical (unpaired) electrons. The van der Waals surface area contributed by atoms with Gasteiger partial charge in [-0.1, -0.05) is 24.8 Å². The molecule has 1 unspecified atom stereocenters. The molecule has 0 bridgehead atoms. The number of hydrogen-bond donors (Lipinski definition) is 1.